The average Bonchev–Trinajstić information content (AvgIpc) is 3.15. The van der Waals surface area contributed by atoms with Gasteiger partial charge in [-0.15, -0.1) is 12.4 Å². The number of rotatable bonds is 5. The second kappa shape index (κ2) is 9.22. The number of anilines is 2. The minimum atomic E-state index is -0.369. The quantitative estimate of drug-likeness (QED) is 0.700. The lowest BCUT2D eigenvalue weighted by Gasteiger charge is -2.12. The number of benzene rings is 2. The Bertz CT molecular complexity index is 776. The van der Waals surface area contributed by atoms with Gasteiger partial charge in [-0.25, -0.2) is 0 Å². The zero-order valence-corrected chi connectivity index (χ0v) is 15.1. The first-order chi connectivity index (χ1) is 12.1. The van der Waals surface area contributed by atoms with Gasteiger partial charge in [0.25, 0.3) is 11.8 Å². The molecule has 0 spiro atoms. The molecule has 2 aromatic carbocycles. The van der Waals surface area contributed by atoms with E-state index in [0.29, 0.717) is 30.1 Å². The smallest absolute Gasteiger partial charge is 0.253 e. The highest BCUT2D eigenvalue weighted by molar-refractivity contribution is 5.95. The van der Waals surface area contributed by atoms with Crippen molar-refractivity contribution >= 4 is 35.6 Å². The zero-order valence-electron chi connectivity index (χ0n) is 14.2. The second-order valence-electron chi connectivity index (χ2n) is 6.00. The lowest BCUT2D eigenvalue weighted by molar-refractivity contribution is -0.124. The summed E-state index contributed by atoms with van der Waals surface area (Å²) in [6, 6.07) is 14.2. The van der Waals surface area contributed by atoms with Gasteiger partial charge in [-0.3, -0.25) is 9.59 Å². The van der Waals surface area contributed by atoms with Crippen LogP contribution in [-0.4, -0.2) is 24.5 Å². The Morgan fingerprint density at radius 2 is 1.96 bits per heavy atom. The molecule has 1 saturated heterocycles. The van der Waals surface area contributed by atoms with Crippen LogP contribution in [0.15, 0.2) is 48.5 Å². The number of hydrogen-bond donors (Lipinski definition) is 3. The maximum Gasteiger partial charge on any atom is 0.253 e. The van der Waals surface area contributed by atoms with Crippen molar-refractivity contribution in [2.45, 2.75) is 25.5 Å². The molecule has 1 fully saturated rings. The fraction of sp³-hybridized carbons (Fsp3) is 0.263. The lowest BCUT2D eigenvalue weighted by Crippen LogP contribution is -2.27. The van der Waals surface area contributed by atoms with E-state index in [1.165, 1.54) is 0 Å². The van der Waals surface area contributed by atoms with E-state index in [4.69, 9.17) is 10.5 Å². The fourth-order valence-electron chi connectivity index (χ4n) is 2.73. The molecule has 0 radical (unpaired) electrons. The summed E-state index contributed by atoms with van der Waals surface area (Å²) in [5.41, 5.74) is 8.34. The molecule has 7 heteroatoms. The molecule has 0 bridgehead atoms. The minimum Gasteiger partial charge on any atom is -0.399 e. The summed E-state index contributed by atoms with van der Waals surface area (Å²) in [4.78, 5) is 24.2. The zero-order chi connectivity index (χ0) is 17.6. The van der Waals surface area contributed by atoms with Crippen molar-refractivity contribution in [2.24, 2.45) is 0 Å². The molecule has 1 aliphatic rings. The number of halogens is 1. The molecular formula is C19H22ClN3O3. The molecule has 1 atom stereocenters. The van der Waals surface area contributed by atoms with Gasteiger partial charge in [0.05, 0.1) is 0 Å². The number of nitrogen functional groups attached to an aromatic ring is 1. The SMILES string of the molecule is Cl.Nc1cccc(C(=O)NCc2cccc(NC(=O)C3CCCO3)c2)c1. The number of nitrogens with two attached hydrogens (primary N) is 1. The Hall–Kier alpha value is -2.57. The first kappa shape index (κ1) is 19.8. The third kappa shape index (κ3) is 5.21. The van der Waals surface area contributed by atoms with Gasteiger partial charge in [-0.2, -0.15) is 0 Å². The summed E-state index contributed by atoms with van der Waals surface area (Å²) >= 11 is 0. The van der Waals surface area contributed by atoms with E-state index in [-0.39, 0.29) is 30.3 Å². The van der Waals surface area contributed by atoms with Crippen LogP contribution in [-0.2, 0) is 16.1 Å². The molecule has 26 heavy (non-hydrogen) atoms. The van der Waals surface area contributed by atoms with Crippen molar-refractivity contribution in [1.82, 2.24) is 5.32 Å². The summed E-state index contributed by atoms with van der Waals surface area (Å²) in [5, 5.41) is 5.70. The van der Waals surface area contributed by atoms with E-state index in [0.717, 1.165) is 18.4 Å². The maximum absolute atomic E-state index is 12.2. The van der Waals surface area contributed by atoms with Gasteiger partial charge in [-0.1, -0.05) is 18.2 Å². The summed E-state index contributed by atoms with van der Waals surface area (Å²) in [6.45, 7) is 0.991. The van der Waals surface area contributed by atoms with Gasteiger partial charge in [-0.05, 0) is 48.7 Å². The van der Waals surface area contributed by atoms with Crippen LogP contribution in [0.3, 0.4) is 0 Å². The second-order valence-corrected chi connectivity index (χ2v) is 6.00. The van der Waals surface area contributed by atoms with Crippen LogP contribution in [0.5, 0.6) is 0 Å². The molecule has 4 N–H and O–H groups in total. The van der Waals surface area contributed by atoms with Crippen molar-refractivity contribution < 1.29 is 14.3 Å². The van der Waals surface area contributed by atoms with E-state index >= 15 is 0 Å². The molecule has 0 aromatic heterocycles. The Morgan fingerprint density at radius 1 is 1.15 bits per heavy atom. The highest BCUT2D eigenvalue weighted by Crippen LogP contribution is 2.16. The van der Waals surface area contributed by atoms with Gasteiger partial charge < -0.3 is 21.1 Å². The fourth-order valence-corrected chi connectivity index (χ4v) is 2.73. The highest BCUT2D eigenvalue weighted by Gasteiger charge is 2.23. The summed E-state index contributed by atoms with van der Waals surface area (Å²) in [6.07, 6.45) is 1.29. The Kier molecular flexibility index (Phi) is 7.00. The highest BCUT2D eigenvalue weighted by atomic mass is 35.5. The van der Waals surface area contributed by atoms with Gasteiger partial charge in [0.15, 0.2) is 0 Å². The summed E-state index contributed by atoms with van der Waals surface area (Å²) < 4.78 is 5.38. The van der Waals surface area contributed by atoms with Crippen molar-refractivity contribution in [3.63, 3.8) is 0 Å². The van der Waals surface area contributed by atoms with Crippen molar-refractivity contribution in [3.05, 3.63) is 59.7 Å². The number of hydrogen-bond acceptors (Lipinski definition) is 4. The first-order valence-corrected chi connectivity index (χ1v) is 8.27. The molecule has 2 amide bonds. The number of ether oxygens (including phenoxy) is 1. The van der Waals surface area contributed by atoms with Crippen molar-refractivity contribution in [3.8, 4) is 0 Å². The van der Waals surface area contributed by atoms with Gasteiger partial charge in [0.1, 0.15) is 6.10 Å². The minimum absolute atomic E-state index is 0. The molecule has 1 unspecified atom stereocenters. The van der Waals surface area contributed by atoms with E-state index in [9.17, 15) is 9.59 Å². The number of carbonyl (C=O) groups excluding carboxylic acids is 2. The Morgan fingerprint density at radius 3 is 2.69 bits per heavy atom. The molecule has 0 aliphatic carbocycles. The summed E-state index contributed by atoms with van der Waals surface area (Å²) in [7, 11) is 0. The molecule has 3 rings (SSSR count). The number of amides is 2. The van der Waals surface area contributed by atoms with Crippen LogP contribution in [0.4, 0.5) is 11.4 Å². The van der Waals surface area contributed by atoms with Crippen LogP contribution in [0.2, 0.25) is 0 Å². The maximum atomic E-state index is 12.2. The molecule has 1 aliphatic heterocycles. The van der Waals surface area contributed by atoms with Crippen LogP contribution >= 0.6 is 12.4 Å². The molecule has 138 valence electrons. The molecule has 1 heterocycles. The lowest BCUT2D eigenvalue weighted by atomic mass is 10.1. The van der Waals surface area contributed by atoms with E-state index in [2.05, 4.69) is 10.6 Å². The standard InChI is InChI=1S/C19H21N3O3.ClH/c20-15-6-2-5-14(11-15)18(23)21-12-13-4-1-7-16(10-13)22-19(24)17-8-3-9-25-17;/h1-2,4-7,10-11,17H,3,8-9,12,20H2,(H,21,23)(H,22,24);1H. The van der Waals surface area contributed by atoms with E-state index in [1.807, 2.05) is 24.3 Å². The largest absolute Gasteiger partial charge is 0.399 e. The number of carbonyl (C=O) groups is 2. The van der Waals surface area contributed by atoms with E-state index in [1.54, 1.807) is 24.3 Å². The predicted octanol–water partition coefficient (Wildman–Crippen LogP) is 2.74. The third-order valence-corrected chi connectivity index (χ3v) is 4.02. The van der Waals surface area contributed by atoms with Crippen LogP contribution in [0.25, 0.3) is 0 Å². The van der Waals surface area contributed by atoms with Gasteiger partial charge in [0.2, 0.25) is 0 Å². The third-order valence-electron chi connectivity index (χ3n) is 4.02. The predicted molar refractivity (Wildman–Crippen MR) is 103 cm³/mol. The molecule has 6 nitrogen and oxygen atoms in total. The van der Waals surface area contributed by atoms with Gasteiger partial charge >= 0.3 is 0 Å². The first-order valence-electron chi connectivity index (χ1n) is 8.27. The average molecular weight is 376 g/mol. The van der Waals surface area contributed by atoms with Crippen LogP contribution < -0.4 is 16.4 Å². The summed E-state index contributed by atoms with van der Waals surface area (Å²) in [5.74, 6) is -0.320. The Labute approximate surface area is 158 Å². The van der Waals surface area contributed by atoms with E-state index < -0.39 is 0 Å². The monoisotopic (exact) mass is 375 g/mol. The van der Waals surface area contributed by atoms with Gasteiger partial charge in [0, 0.05) is 30.1 Å². The molecule has 0 saturated carbocycles. The van der Waals surface area contributed by atoms with Crippen molar-refractivity contribution in [1.29, 1.82) is 0 Å². The topological polar surface area (TPSA) is 93.5 Å². The van der Waals surface area contributed by atoms with Crippen LogP contribution in [0.1, 0.15) is 28.8 Å². The Balaban J connectivity index is 0.00000243. The van der Waals surface area contributed by atoms with Crippen LogP contribution in [0, 0.1) is 0 Å². The van der Waals surface area contributed by atoms with Crippen molar-refractivity contribution in [2.75, 3.05) is 17.7 Å². The number of nitrogens with one attached hydrogen (secondary N) is 2. The molecule has 2 aromatic rings. The molecular weight excluding hydrogens is 354 g/mol. The normalized spacial score (nSPS) is 15.8.